The summed E-state index contributed by atoms with van der Waals surface area (Å²) in [7, 11) is -0.933. The minimum absolute atomic E-state index is 0.803. The van der Waals surface area contributed by atoms with Crippen molar-refractivity contribution in [2.75, 3.05) is 39.5 Å². The first kappa shape index (κ1) is 32.0. The molecule has 1 heterocycles. The van der Waals surface area contributed by atoms with E-state index in [2.05, 4.69) is 61.8 Å². The summed E-state index contributed by atoms with van der Waals surface area (Å²) in [5.41, 5.74) is 3.53. The lowest BCUT2D eigenvalue weighted by atomic mass is 10.3. The minimum Gasteiger partial charge on any atom is -0.331 e. The van der Waals surface area contributed by atoms with Crippen LogP contribution in [0.2, 0.25) is 0 Å². The van der Waals surface area contributed by atoms with Crippen molar-refractivity contribution >= 4 is 7.60 Å². The van der Waals surface area contributed by atoms with Gasteiger partial charge in [-0.1, -0.05) is 40.5 Å². The Bertz CT molecular complexity index is 676. The highest BCUT2D eigenvalue weighted by Crippen LogP contribution is 2.42. The van der Waals surface area contributed by atoms with E-state index in [9.17, 15) is 4.57 Å². The van der Waals surface area contributed by atoms with E-state index in [1.807, 2.05) is 0 Å². The Labute approximate surface area is 200 Å². The predicted octanol–water partition coefficient (Wildman–Crippen LogP) is 3.55. The van der Waals surface area contributed by atoms with Gasteiger partial charge in [0.05, 0.1) is 6.42 Å². The van der Waals surface area contributed by atoms with Gasteiger partial charge in [-0.2, -0.15) is 0 Å². The Kier molecular flexibility index (Phi) is 16.9. The maximum absolute atomic E-state index is 10.7. The van der Waals surface area contributed by atoms with E-state index >= 15 is 0 Å². The fourth-order valence-electron chi connectivity index (χ4n) is 3.02. The van der Waals surface area contributed by atoms with Gasteiger partial charge in [-0.3, -0.25) is 14.4 Å². The highest BCUT2D eigenvalue weighted by atomic mass is 31.2. The summed E-state index contributed by atoms with van der Waals surface area (Å²) in [6.45, 7) is 14.3. The SMILES string of the molecule is CCCCNCNn1c(CCC)n[n+](CCCC)c1CCC.COC(C)(OC)OP(C)(=O)O. The zero-order valence-electron chi connectivity index (χ0n) is 22.1. The van der Waals surface area contributed by atoms with Crippen molar-refractivity contribution < 1.29 is 28.1 Å². The van der Waals surface area contributed by atoms with E-state index in [0.29, 0.717) is 0 Å². The first-order valence-corrected chi connectivity index (χ1v) is 14.2. The summed E-state index contributed by atoms with van der Waals surface area (Å²) in [6.07, 6.45) is 9.23. The average molecular weight is 495 g/mol. The third kappa shape index (κ3) is 13.4. The average Bonchev–Trinajstić information content (AvgIpc) is 3.08. The van der Waals surface area contributed by atoms with Gasteiger partial charge >= 0.3 is 13.4 Å². The summed E-state index contributed by atoms with van der Waals surface area (Å²) < 4.78 is 29.1. The van der Waals surface area contributed by atoms with Gasteiger partial charge in [0, 0.05) is 34.2 Å². The molecule has 1 aromatic heterocycles. The van der Waals surface area contributed by atoms with Crippen LogP contribution in [0.4, 0.5) is 0 Å². The van der Waals surface area contributed by atoms with Gasteiger partial charge in [0.15, 0.2) is 0 Å². The molecule has 11 heteroatoms. The zero-order chi connectivity index (χ0) is 25.3. The molecule has 0 aromatic carbocycles. The molecular weight excluding hydrogens is 445 g/mol. The maximum Gasteiger partial charge on any atom is 0.329 e. The van der Waals surface area contributed by atoms with Crippen LogP contribution in [0.3, 0.4) is 0 Å². The summed E-state index contributed by atoms with van der Waals surface area (Å²) in [6, 6.07) is 0. The van der Waals surface area contributed by atoms with Gasteiger partial charge in [-0.05, 0) is 37.3 Å². The molecule has 10 nitrogen and oxygen atoms in total. The third-order valence-electron chi connectivity index (χ3n) is 4.87. The van der Waals surface area contributed by atoms with Gasteiger partial charge in [-0.15, -0.1) is 9.36 Å². The van der Waals surface area contributed by atoms with Crippen molar-refractivity contribution in [3.05, 3.63) is 11.6 Å². The Morgan fingerprint density at radius 1 is 1.06 bits per heavy atom. The van der Waals surface area contributed by atoms with E-state index in [1.54, 1.807) is 0 Å². The number of aromatic nitrogens is 3. The number of methoxy groups -OCH3 is 2. The first-order valence-electron chi connectivity index (χ1n) is 12.2. The van der Waals surface area contributed by atoms with E-state index in [-0.39, 0.29) is 0 Å². The smallest absolute Gasteiger partial charge is 0.329 e. The molecule has 0 bridgehead atoms. The highest BCUT2D eigenvalue weighted by Gasteiger charge is 2.31. The van der Waals surface area contributed by atoms with Crippen LogP contribution in [-0.2, 0) is 37.9 Å². The van der Waals surface area contributed by atoms with Gasteiger partial charge < -0.3 is 14.4 Å². The van der Waals surface area contributed by atoms with Crippen molar-refractivity contribution in [1.82, 2.24) is 15.1 Å². The minimum atomic E-state index is -3.57. The molecule has 33 heavy (non-hydrogen) atoms. The first-order chi connectivity index (χ1) is 15.6. The third-order valence-corrected chi connectivity index (χ3v) is 5.54. The number of hydrogen-bond donors (Lipinski definition) is 3. The molecule has 1 rings (SSSR count). The monoisotopic (exact) mass is 494 g/mol. The van der Waals surface area contributed by atoms with Crippen LogP contribution in [0.25, 0.3) is 0 Å². The van der Waals surface area contributed by atoms with E-state index in [0.717, 1.165) is 52.1 Å². The zero-order valence-corrected chi connectivity index (χ0v) is 23.0. The lowest BCUT2D eigenvalue weighted by Crippen LogP contribution is -2.42. The highest BCUT2D eigenvalue weighted by molar-refractivity contribution is 7.51. The number of ether oxygens (including phenoxy) is 2. The lowest BCUT2D eigenvalue weighted by molar-refractivity contribution is -0.759. The number of unbranched alkanes of at least 4 members (excludes halogenated alkanes) is 2. The van der Waals surface area contributed by atoms with E-state index in [4.69, 9.17) is 9.99 Å². The Morgan fingerprint density at radius 2 is 1.67 bits per heavy atom. The lowest BCUT2D eigenvalue weighted by Gasteiger charge is -2.26. The molecule has 196 valence electrons. The van der Waals surface area contributed by atoms with Gasteiger partial charge in [0.25, 0.3) is 11.8 Å². The molecule has 1 unspecified atom stereocenters. The van der Waals surface area contributed by atoms with Crippen molar-refractivity contribution in [1.29, 1.82) is 0 Å². The fourth-order valence-corrected chi connectivity index (χ4v) is 3.78. The Hall–Kier alpha value is -1.03. The predicted molar refractivity (Wildman–Crippen MR) is 132 cm³/mol. The molecule has 0 amide bonds. The molecule has 0 saturated heterocycles. The molecule has 1 aromatic rings. The quantitative estimate of drug-likeness (QED) is 0.131. The molecule has 0 aliphatic heterocycles. The number of nitrogens with zero attached hydrogens (tertiary/aromatic N) is 3. The van der Waals surface area contributed by atoms with Crippen LogP contribution in [0.15, 0.2) is 0 Å². The van der Waals surface area contributed by atoms with Crippen LogP contribution in [0, 0.1) is 0 Å². The molecule has 1 atom stereocenters. The second kappa shape index (κ2) is 17.4. The second-order valence-electron chi connectivity index (χ2n) is 8.10. The molecule has 0 aliphatic carbocycles. The molecule has 3 N–H and O–H groups in total. The van der Waals surface area contributed by atoms with Crippen molar-refractivity contribution in [3.63, 3.8) is 0 Å². The Morgan fingerprint density at radius 3 is 2.12 bits per heavy atom. The Balaban J connectivity index is 0.000000785. The fraction of sp³-hybridized carbons (Fsp3) is 0.909. The number of hydrogen-bond acceptors (Lipinski definition) is 7. The summed E-state index contributed by atoms with van der Waals surface area (Å²) >= 11 is 0. The van der Waals surface area contributed by atoms with Crippen molar-refractivity contribution in [3.8, 4) is 0 Å². The molecule has 0 fully saturated rings. The van der Waals surface area contributed by atoms with Gasteiger partial charge in [0.2, 0.25) is 0 Å². The molecule has 0 spiro atoms. The molecule has 0 aliphatic rings. The van der Waals surface area contributed by atoms with Crippen LogP contribution in [-0.4, -0.2) is 54.7 Å². The van der Waals surface area contributed by atoms with Gasteiger partial charge in [-0.25, -0.2) is 5.43 Å². The summed E-state index contributed by atoms with van der Waals surface area (Å²) in [4.78, 5) is 8.79. The van der Waals surface area contributed by atoms with Crippen LogP contribution >= 0.6 is 7.60 Å². The van der Waals surface area contributed by atoms with Crippen molar-refractivity contribution in [2.45, 2.75) is 98.5 Å². The van der Waals surface area contributed by atoms with Crippen molar-refractivity contribution in [2.24, 2.45) is 0 Å². The number of aryl methyl sites for hydroxylation is 2. The largest absolute Gasteiger partial charge is 0.331 e. The van der Waals surface area contributed by atoms with Gasteiger partial charge in [0.1, 0.15) is 13.2 Å². The number of rotatable bonds is 17. The molecule has 0 radical (unpaired) electrons. The standard InChI is InChI=1S/C17H36N5.C5H13O5P/c1-5-9-13-18-15-19-22-16(11-7-3)20-21(14-10-6-2)17(22)12-8-4;1-5(8-2,9-3)10-11(4,6)7/h18-19H,5-15H2,1-4H3;1-4H3,(H,6,7)/q+1;. The normalized spacial score (nSPS) is 13.4. The van der Waals surface area contributed by atoms with E-state index in [1.165, 1.54) is 58.5 Å². The van der Waals surface area contributed by atoms with E-state index < -0.39 is 13.6 Å². The maximum atomic E-state index is 10.7. The topological polar surface area (TPSA) is 111 Å². The van der Waals surface area contributed by atoms with Crippen LogP contribution in [0.1, 0.15) is 84.8 Å². The number of nitrogens with one attached hydrogen (secondary N) is 2. The molecular formula is C22H49N5O5P+. The summed E-state index contributed by atoms with van der Waals surface area (Å²) in [5, 5.41) is 8.32. The van der Waals surface area contributed by atoms with Crippen LogP contribution in [0.5, 0.6) is 0 Å². The second-order valence-corrected chi connectivity index (χ2v) is 9.89. The summed E-state index contributed by atoms with van der Waals surface area (Å²) in [5.74, 6) is 1.04. The molecule has 0 saturated carbocycles. The van der Waals surface area contributed by atoms with Crippen LogP contribution < -0.4 is 15.4 Å².